The van der Waals surface area contributed by atoms with Crippen LogP contribution in [0.1, 0.15) is 52.9 Å². The number of carbonyl (C=O) groups is 2. The zero-order chi connectivity index (χ0) is 30.2. The molecule has 2 aromatic carbocycles. The van der Waals surface area contributed by atoms with Crippen LogP contribution in [0, 0.1) is 0 Å². The topological polar surface area (TPSA) is 94.7 Å². The number of aromatic nitrogens is 3. The molecule has 0 aliphatic carbocycles. The van der Waals surface area contributed by atoms with Crippen molar-refractivity contribution in [3.8, 4) is 0 Å². The molecule has 1 N–H and O–H groups in total. The fourth-order valence-electron chi connectivity index (χ4n) is 5.37. The summed E-state index contributed by atoms with van der Waals surface area (Å²) in [5.74, 6) is -0.0804. The molecule has 2 saturated heterocycles. The summed E-state index contributed by atoms with van der Waals surface area (Å²) in [7, 11) is 0. The maximum atomic E-state index is 13.2. The number of nitrogens with one attached hydrogen (secondary N) is 1. The molecule has 42 heavy (non-hydrogen) atoms. The van der Waals surface area contributed by atoms with E-state index in [4.69, 9.17) is 4.74 Å². The van der Waals surface area contributed by atoms with Crippen LogP contribution in [-0.2, 0) is 17.1 Å². The van der Waals surface area contributed by atoms with Gasteiger partial charge in [0.05, 0.1) is 16.6 Å². The van der Waals surface area contributed by atoms with Crippen LogP contribution in [0.5, 0.6) is 0 Å². The molecule has 1 atom stereocenters. The molecule has 5 rings (SSSR count). The van der Waals surface area contributed by atoms with E-state index in [2.05, 4.69) is 20.3 Å². The van der Waals surface area contributed by atoms with Crippen LogP contribution in [-0.4, -0.2) is 87.4 Å². The Bertz CT molecular complexity index is 1410. The number of likely N-dealkylation sites (tertiary alicyclic amines) is 1. The first-order valence-corrected chi connectivity index (χ1v) is 13.4. The number of hydrogen-bond acceptors (Lipinski definition) is 6. The maximum Gasteiger partial charge on any atom is 0.416 e. The van der Waals surface area contributed by atoms with Crippen LogP contribution in [0.2, 0.25) is 0 Å². The number of carbonyl (C=O) groups excluding carboxylic acids is 2. The lowest BCUT2D eigenvalue weighted by atomic mass is 10.0. The van der Waals surface area contributed by atoms with Crippen molar-refractivity contribution in [2.45, 2.75) is 44.3 Å². The molecular weight excluding hydrogens is 570 g/mol. The minimum absolute atomic E-state index is 0.0368. The second-order valence-electron chi connectivity index (χ2n) is 10.5. The number of fused-ring (bicyclic) bond motifs is 1. The van der Waals surface area contributed by atoms with E-state index in [1.165, 1.54) is 11.8 Å². The van der Waals surface area contributed by atoms with Crippen molar-refractivity contribution in [2.75, 3.05) is 39.3 Å². The fourth-order valence-corrected chi connectivity index (χ4v) is 5.37. The van der Waals surface area contributed by atoms with Gasteiger partial charge in [0.2, 0.25) is 0 Å². The Labute approximate surface area is 236 Å². The van der Waals surface area contributed by atoms with Crippen LogP contribution in [0.4, 0.5) is 31.1 Å². The molecule has 2 aliphatic heterocycles. The van der Waals surface area contributed by atoms with Crippen LogP contribution >= 0.6 is 0 Å². The number of rotatable bonds is 4. The molecule has 2 aliphatic rings. The SMILES string of the molecule is CC(OC(=O)N1CCN(C2CCN(C(=O)c3ccc4[nH]nnc4c3)CC2)CC1)c1cc(C(F)(F)F)cc(C(F)(F)F)c1. The highest BCUT2D eigenvalue weighted by Gasteiger charge is 2.38. The number of piperidine rings is 1. The molecule has 0 bridgehead atoms. The normalized spacial score (nSPS) is 18.4. The lowest BCUT2D eigenvalue weighted by Gasteiger charge is -2.42. The second-order valence-corrected chi connectivity index (χ2v) is 10.5. The summed E-state index contributed by atoms with van der Waals surface area (Å²) in [6.07, 6.45) is -10.6. The van der Waals surface area contributed by atoms with E-state index in [0.29, 0.717) is 62.5 Å². The van der Waals surface area contributed by atoms with Gasteiger partial charge >= 0.3 is 18.4 Å². The summed E-state index contributed by atoms with van der Waals surface area (Å²) < 4.78 is 84.5. The highest BCUT2D eigenvalue weighted by Crippen LogP contribution is 2.38. The minimum atomic E-state index is -4.99. The summed E-state index contributed by atoms with van der Waals surface area (Å²) in [6, 6.07) is 6.57. The smallest absolute Gasteiger partial charge is 0.416 e. The van der Waals surface area contributed by atoms with Crippen molar-refractivity contribution < 1.29 is 40.7 Å². The van der Waals surface area contributed by atoms with Gasteiger partial charge < -0.3 is 14.5 Å². The second kappa shape index (κ2) is 11.4. The average molecular weight is 599 g/mol. The number of hydrogen-bond donors (Lipinski definition) is 1. The van der Waals surface area contributed by atoms with Gasteiger partial charge in [0.1, 0.15) is 11.6 Å². The van der Waals surface area contributed by atoms with Gasteiger partial charge in [-0.2, -0.15) is 26.3 Å². The maximum absolute atomic E-state index is 13.2. The molecule has 3 aromatic rings. The van der Waals surface area contributed by atoms with Gasteiger partial charge in [-0.25, -0.2) is 4.79 Å². The predicted molar refractivity (Wildman–Crippen MR) is 137 cm³/mol. The summed E-state index contributed by atoms with van der Waals surface area (Å²) in [4.78, 5) is 31.1. The lowest BCUT2D eigenvalue weighted by Crippen LogP contribution is -2.54. The number of halogens is 6. The number of aromatic amines is 1. The molecular formula is C27H28F6N6O3. The first kappa shape index (κ1) is 29.6. The summed E-state index contributed by atoms with van der Waals surface area (Å²) in [5, 5.41) is 10.4. The van der Waals surface area contributed by atoms with Crippen molar-refractivity contribution in [1.82, 2.24) is 30.1 Å². The molecule has 2 fully saturated rings. The molecule has 226 valence electrons. The zero-order valence-electron chi connectivity index (χ0n) is 22.5. The molecule has 1 unspecified atom stereocenters. The summed E-state index contributed by atoms with van der Waals surface area (Å²) >= 11 is 0. The van der Waals surface area contributed by atoms with E-state index < -0.39 is 41.2 Å². The Morgan fingerprint density at radius 1 is 0.881 bits per heavy atom. The van der Waals surface area contributed by atoms with Gasteiger partial charge in [-0.15, -0.1) is 5.10 Å². The minimum Gasteiger partial charge on any atom is -0.442 e. The van der Waals surface area contributed by atoms with E-state index in [1.807, 2.05) is 0 Å². The van der Waals surface area contributed by atoms with Gasteiger partial charge in [0.15, 0.2) is 0 Å². The number of benzene rings is 2. The Balaban J connectivity index is 1.12. The van der Waals surface area contributed by atoms with Crippen molar-refractivity contribution in [3.05, 3.63) is 58.7 Å². The van der Waals surface area contributed by atoms with Crippen LogP contribution in [0.3, 0.4) is 0 Å². The van der Waals surface area contributed by atoms with Crippen LogP contribution in [0.15, 0.2) is 36.4 Å². The highest BCUT2D eigenvalue weighted by molar-refractivity contribution is 5.97. The molecule has 0 spiro atoms. The molecule has 2 amide bonds. The Hall–Kier alpha value is -3.88. The zero-order valence-corrected chi connectivity index (χ0v) is 22.5. The number of ether oxygens (including phenoxy) is 1. The Morgan fingerprint density at radius 3 is 2.10 bits per heavy atom. The van der Waals surface area contributed by atoms with Crippen molar-refractivity contribution in [1.29, 1.82) is 0 Å². The van der Waals surface area contributed by atoms with E-state index >= 15 is 0 Å². The number of piperazine rings is 1. The molecule has 9 nitrogen and oxygen atoms in total. The number of H-pyrrole nitrogens is 1. The van der Waals surface area contributed by atoms with Gasteiger partial charge in [0, 0.05) is 50.9 Å². The van der Waals surface area contributed by atoms with E-state index in [1.54, 1.807) is 23.1 Å². The van der Waals surface area contributed by atoms with Gasteiger partial charge in [-0.1, -0.05) is 5.21 Å². The standard InChI is InChI=1S/C27H28F6N6O3/c1-16(18-12-19(26(28,29)30)15-20(13-18)27(31,32)33)42-25(41)39-10-8-37(9-11-39)21-4-6-38(7-5-21)24(40)17-2-3-22-23(14-17)35-36-34-22/h2-3,12-16,21H,4-11H2,1H3,(H,34,35,36). The summed E-state index contributed by atoms with van der Waals surface area (Å²) in [5.41, 5.74) is -1.43. The number of nitrogens with zero attached hydrogens (tertiary/aromatic N) is 5. The van der Waals surface area contributed by atoms with E-state index in [-0.39, 0.29) is 18.0 Å². The van der Waals surface area contributed by atoms with Crippen LogP contribution < -0.4 is 0 Å². The quantitative estimate of drug-likeness (QED) is 0.420. The fraction of sp³-hybridized carbons (Fsp3) is 0.481. The summed E-state index contributed by atoms with van der Waals surface area (Å²) in [6.45, 7) is 3.99. The third kappa shape index (κ3) is 6.45. The van der Waals surface area contributed by atoms with Gasteiger partial charge in [0.25, 0.3) is 5.91 Å². The Kier molecular flexibility index (Phi) is 8.05. The largest absolute Gasteiger partial charge is 0.442 e. The predicted octanol–water partition coefficient (Wildman–Crippen LogP) is 5.12. The van der Waals surface area contributed by atoms with E-state index in [0.717, 1.165) is 18.4 Å². The van der Waals surface area contributed by atoms with Gasteiger partial charge in [-0.05, 0) is 61.7 Å². The van der Waals surface area contributed by atoms with Gasteiger partial charge in [-0.3, -0.25) is 14.8 Å². The van der Waals surface area contributed by atoms with E-state index in [9.17, 15) is 35.9 Å². The molecule has 0 saturated carbocycles. The molecule has 0 radical (unpaired) electrons. The number of alkyl halides is 6. The average Bonchev–Trinajstić information content (AvgIpc) is 3.44. The van der Waals surface area contributed by atoms with Crippen molar-refractivity contribution in [2.24, 2.45) is 0 Å². The highest BCUT2D eigenvalue weighted by atomic mass is 19.4. The van der Waals surface area contributed by atoms with Crippen molar-refractivity contribution in [3.63, 3.8) is 0 Å². The first-order chi connectivity index (χ1) is 19.8. The molecule has 1 aromatic heterocycles. The van der Waals surface area contributed by atoms with Crippen molar-refractivity contribution >= 4 is 23.0 Å². The molecule has 15 heteroatoms. The number of amides is 2. The molecule has 3 heterocycles. The lowest BCUT2D eigenvalue weighted by molar-refractivity contribution is -0.143. The first-order valence-electron chi connectivity index (χ1n) is 13.4. The third-order valence-corrected chi connectivity index (χ3v) is 7.77. The van der Waals surface area contributed by atoms with Crippen LogP contribution in [0.25, 0.3) is 11.0 Å². The Morgan fingerprint density at radius 2 is 1.50 bits per heavy atom. The third-order valence-electron chi connectivity index (χ3n) is 7.77. The monoisotopic (exact) mass is 598 g/mol.